The van der Waals surface area contributed by atoms with Crippen LogP contribution < -0.4 is 10.1 Å². The van der Waals surface area contributed by atoms with E-state index < -0.39 is 0 Å². The number of hydrogen-bond donors (Lipinski definition) is 1. The fourth-order valence-corrected chi connectivity index (χ4v) is 3.41. The molecule has 0 amide bonds. The van der Waals surface area contributed by atoms with Crippen LogP contribution in [0.15, 0.2) is 48.9 Å². The van der Waals surface area contributed by atoms with E-state index in [-0.39, 0.29) is 0 Å². The van der Waals surface area contributed by atoms with E-state index in [1.165, 1.54) is 0 Å². The van der Waals surface area contributed by atoms with Gasteiger partial charge in [-0.2, -0.15) is 5.10 Å². The Hall–Kier alpha value is -3.48. The second-order valence-electron chi connectivity index (χ2n) is 6.53. The zero-order valence-corrected chi connectivity index (χ0v) is 14.9. The topological polar surface area (TPSA) is 77.2 Å². The van der Waals surface area contributed by atoms with Gasteiger partial charge in [0.25, 0.3) is 0 Å². The third-order valence-corrected chi connectivity index (χ3v) is 4.71. The fourth-order valence-electron chi connectivity index (χ4n) is 3.41. The minimum Gasteiger partial charge on any atom is -0.487 e. The van der Waals surface area contributed by atoms with Gasteiger partial charge in [0.1, 0.15) is 24.0 Å². The number of para-hydroxylation sites is 1. The molecule has 0 unspecified atom stereocenters. The van der Waals surface area contributed by atoms with E-state index in [1.54, 1.807) is 10.7 Å². The highest BCUT2D eigenvalue weighted by Crippen LogP contribution is 2.30. The van der Waals surface area contributed by atoms with Crippen molar-refractivity contribution in [3.63, 3.8) is 0 Å². The molecule has 1 aromatic carbocycles. The van der Waals surface area contributed by atoms with E-state index in [1.807, 2.05) is 43.6 Å². The summed E-state index contributed by atoms with van der Waals surface area (Å²) in [5.41, 5.74) is 5.01. The van der Waals surface area contributed by atoms with E-state index in [4.69, 9.17) is 4.74 Å². The number of rotatable bonds is 3. The monoisotopic (exact) mass is 358 g/mol. The van der Waals surface area contributed by atoms with E-state index in [2.05, 4.69) is 31.4 Å². The Kier molecular flexibility index (Phi) is 3.71. The van der Waals surface area contributed by atoms with Gasteiger partial charge in [0.05, 0.1) is 11.9 Å². The van der Waals surface area contributed by atoms with Crippen molar-refractivity contribution >= 4 is 11.5 Å². The van der Waals surface area contributed by atoms with Gasteiger partial charge in [-0.1, -0.05) is 18.2 Å². The molecule has 0 atom stereocenters. The predicted molar refractivity (Wildman–Crippen MR) is 101 cm³/mol. The van der Waals surface area contributed by atoms with Crippen LogP contribution in [0.25, 0.3) is 5.65 Å². The maximum Gasteiger partial charge on any atom is 0.159 e. The first-order valence-electron chi connectivity index (χ1n) is 8.86. The van der Waals surface area contributed by atoms with Gasteiger partial charge >= 0.3 is 0 Å². The van der Waals surface area contributed by atoms with Crippen molar-refractivity contribution in [1.29, 1.82) is 0 Å². The molecule has 1 N–H and O–H groups in total. The minimum absolute atomic E-state index is 0.447. The van der Waals surface area contributed by atoms with Crippen LogP contribution in [0.4, 0.5) is 5.82 Å². The van der Waals surface area contributed by atoms with Crippen molar-refractivity contribution in [2.24, 2.45) is 0 Å². The second-order valence-corrected chi connectivity index (χ2v) is 6.53. The minimum atomic E-state index is 0.447. The van der Waals surface area contributed by atoms with Crippen molar-refractivity contribution in [2.45, 2.75) is 26.5 Å². The summed E-state index contributed by atoms with van der Waals surface area (Å²) in [6, 6.07) is 9.97. The summed E-state index contributed by atoms with van der Waals surface area (Å²) in [5, 5.41) is 7.81. The number of aromatic nitrogens is 5. The SMILES string of the molecule is Cc1nc2c(c(NCc3cnn4cccnc34)n1)Cc1ccccc1OC2. The van der Waals surface area contributed by atoms with Crippen molar-refractivity contribution in [3.05, 3.63) is 77.1 Å². The van der Waals surface area contributed by atoms with Crippen LogP contribution in [-0.4, -0.2) is 24.6 Å². The fraction of sp³-hybridized carbons (Fsp3) is 0.200. The summed E-state index contributed by atoms with van der Waals surface area (Å²) in [5.74, 6) is 2.47. The lowest BCUT2D eigenvalue weighted by atomic mass is 10.0. The summed E-state index contributed by atoms with van der Waals surface area (Å²) in [6.07, 6.45) is 6.23. The Morgan fingerprint density at radius 1 is 1.19 bits per heavy atom. The van der Waals surface area contributed by atoms with Gasteiger partial charge in [-0.25, -0.2) is 19.5 Å². The van der Waals surface area contributed by atoms with E-state index in [0.29, 0.717) is 13.2 Å². The first-order valence-corrected chi connectivity index (χ1v) is 8.86. The molecule has 7 nitrogen and oxygen atoms in total. The number of anilines is 1. The number of ether oxygens (including phenoxy) is 1. The van der Waals surface area contributed by atoms with E-state index in [0.717, 1.165) is 51.8 Å². The van der Waals surface area contributed by atoms with Crippen molar-refractivity contribution in [1.82, 2.24) is 24.6 Å². The first kappa shape index (κ1) is 15.7. The average Bonchev–Trinajstić information content (AvgIpc) is 3.00. The quantitative estimate of drug-likeness (QED) is 0.607. The molecule has 7 heteroatoms. The van der Waals surface area contributed by atoms with Crippen molar-refractivity contribution in [3.8, 4) is 5.75 Å². The molecule has 4 heterocycles. The third-order valence-electron chi connectivity index (χ3n) is 4.71. The molecule has 0 bridgehead atoms. The predicted octanol–water partition coefficient (Wildman–Crippen LogP) is 2.92. The molecule has 1 aliphatic heterocycles. The molecule has 0 spiro atoms. The molecule has 0 fully saturated rings. The lowest BCUT2D eigenvalue weighted by Crippen LogP contribution is -2.11. The summed E-state index contributed by atoms with van der Waals surface area (Å²) in [4.78, 5) is 13.7. The van der Waals surface area contributed by atoms with Crippen molar-refractivity contribution in [2.75, 3.05) is 5.32 Å². The molecule has 0 saturated carbocycles. The van der Waals surface area contributed by atoms with Crippen LogP contribution in [0.1, 0.15) is 28.2 Å². The van der Waals surface area contributed by atoms with Gasteiger partial charge in [-0.15, -0.1) is 0 Å². The molecule has 5 rings (SSSR count). The van der Waals surface area contributed by atoms with Crippen LogP contribution >= 0.6 is 0 Å². The Bertz CT molecular complexity index is 1140. The molecule has 0 saturated heterocycles. The highest BCUT2D eigenvalue weighted by Gasteiger charge is 2.20. The number of aryl methyl sites for hydroxylation is 1. The number of nitrogens with zero attached hydrogens (tertiary/aromatic N) is 5. The van der Waals surface area contributed by atoms with Gasteiger partial charge in [0.2, 0.25) is 0 Å². The second kappa shape index (κ2) is 6.35. The number of fused-ring (bicyclic) bond motifs is 3. The average molecular weight is 358 g/mol. The Labute approximate surface area is 156 Å². The van der Waals surface area contributed by atoms with Gasteiger partial charge in [0, 0.05) is 36.5 Å². The Balaban J connectivity index is 1.49. The largest absolute Gasteiger partial charge is 0.487 e. The standard InChI is InChI=1S/C20H18N6O/c1-13-24-17-12-27-18-6-3-2-5-14(18)9-16(17)19(25-13)22-10-15-11-23-26-8-4-7-21-20(15)26/h2-8,11H,9-10,12H2,1H3,(H,22,24,25). The zero-order valence-electron chi connectivity index (χ0n) is 14.9. The van der Waals surface area contributed by atoms with Crippen LogP contribution in [0, 0.1) is 6.92 Å². The molecule has 27 heavy (non-hydrogen) atoms. The molecule has 0 aliphatic carbocycles. The number of nitrogens with one attached hydrogen (secondary N) is 1. The first-order chi connectivity index (χ1) is 13.3. The molecular weight excluding hydrogens is 340 g/mol. The van der Waals surface area contributed by atoms with Crippen molar-refractivity contribution < 1.29 is 4.74 Å². The molecule has 3 aromatic heterocycles. The third kappa shape index (κ3) is 2.87. The van der Waals surface area contributed by atoms with E-state index in [9.17, 15) is 0 Å². The summed E-state index contributed by atoms with van der Waals surface area (Å²) in [7, 11) is 0. The molecule has 134 valence electrons. The van der Waals surface area contributed by atoms with Crippen LogP contribution in [0.3, 0.4) is 0 Å². The molecule has 1 aliphatic rings. The van der Waals surface area contributed by atoms with Crippen LogP contribution in [-0.2, 0) is 19.6 Å². The molecular formula is C20H18N6O. The summed E-state index contributed by atoms with van der Waals surface area (Å²) >= 11 is 0. The Morgan fingerprint density at radius 2 is 2.11 bits per heavy atom. The maximum atomic E-state index is 5.95. The number of hydrogen-bond acceptors (Lipinski definition) is 6. The van der Waals surface area contributed by atoms with Gasteiger partial charge in [0.15, 0.2) is 5.65 Å². The smallest absolute Gasteiger partial charge is 0.159 e. The van der Waals surface area contributed by atoms with Gasteiger partial charge in [-0.05, 0) is 24.6 Å². The lowest BCUT2D eigenvalue weighted by molar-refractivity contribution is 0.302. The zero-order chi connectivity index (χ0) is 18.2. The van der Waals surface area contributed by atoms with Crippen LogP contribution in [0.5, 0.6) is 5.75 Å². The summed E-state index contributed by atoms with van der Waals surface area (Å²) in [6.45, 7) is 2.94. The molecule has 4 aromatic rings. The lowest BCUT2D eigenvalue weighted by Gasteiger charge is -2.13. The highest BCUT2D eigenvalue weighted by atomic mass is 16.5. The van der Waals surface area contributed by atoms with Crippen LogP contribution in [0.2, 0.25) is 0 Å². The van der Waals surface area contributed by atoms with E-state index >= 15 is 0 Å². The maximum absolute atomic E-state index is 5.95. The Morgan fingerprint density at radius 3 is 3.07 bits per heavy atom. The van der Waals surface area contributed by atoms with Gasteiger partial charge < -0.3 is 10.1 Å². The normalized spacial score (nSPS) is 12.8. The molecule has 0 radical (unpaired) electrons. The highest BCUT2D eigenvalue weighted by molar-refractivity contribution is 5.54. The number of benzene rings is 1. The van der Waals surface area contributed by atoms with Gasteiger partial charge in [-0.3, -0.25) is 0 Å². The summed E-state index contributed by atoms with van der Waals surface area (Å²) < 4.78 is 7.72.